The molecule has 1 aliphatic rings. The Morgan fingerprint density at radius 3 is 2.44 bits per heavy atom. The first-order valence-electron chi connectivity index (χ1n) is 7.19. The van der Waals surface area contributed by atoms with E-state index in [9.17, 15) is 4.21 Å². The summed E-state index contributed by atoms with van der Waals surface area (Å²) in [7, 11) is -0.652. The first kappa shape index (κ1) is 16.1. The summed E-state index contributed by atoms with van der Waals surface area (Å²) in [5, 5.41) is 3.68. The van der Waals surface area contributed by atoms with E-state index in [1.165, 1.54) is 0 Å². The predicted octanol–water partition coefficient (Wildman–Crippen LogP) is 1.71. The summed E-state index contributed by atoms with van der Waals surface area (Å²) >= 11 is 0. The molecule has 3 atom stereocenters. The van der Waals surface area contributed by atoms with E-state index < -0.39 is 10.8 Å². The molecule has 1 aliphatic heterocycles. The Morgan fingerprint density at radius 2 is 1.94 bits per heavy atom. The number of hydrogen-bond acceptors (Lipinski definition) is 3. The molecule has 0 aromatic rings. The van der Waals surface area contributed by atoms with Crippen LogP contribution in [0.5, 0.6) is 0 Å². The first-order chi connectivity index (χ1) is 8.41. The molecule has 18 heavy (non-hydrogen) atoms. The van der Waals surface area contributed by atoms with Gasteiger partial charge in [0.1, 0.15) is 0 Å². The molecule has 1 fully saturated rings. The Morgan fingerprint density at radius 1 is 1.28 bits per heavy atom. The van der Waals surface area contributed by atoms with Crippen LogP contribution in [0.3, 0.4) is 0 Å². The number of piperazine rings is 1. The van der Waals surface area contributed by atoms with Gasteiger partial charge in [-0.1, -0.05) is 27.7 Å². The van der Waals surface area contributed by atoms with Crippen molar-refractivity contribution in [1.82, 2.24) is 10.2 Å². The minimum atomic E-state index is -0.652. The number of nitrogens with one attached hydrogen (secondary N) is 1. The highest BCUT2D eigenvalue weighted by molar-refractivity contribution is 7.84. The van der Waals surface area contributed by atoms with Gasteiger partial charge in [0, 0.05) is 48.0 Å². The van der Waals surface area contributed by atoms with Crippen LogP contribution in [-0.4, -0.2) is 52.8 Å². The molecule has 0 aromatic carbocycles. The van der Waals surface area contributed by atoms with E-state index >= 15 is 0 Å². The number of nitrogens with zero attached hydrogens (tertiary/aromatic N) is 1. The lowest BCUT2D eigenvalue weighted by atomic mass is 9.94. The van der Waals surface area contributed by atoms with Gasteiger partial charge >= 0.3 is 0 Å². The van der Waals surface area contributed by atoms with Crippen molar-refractivity contribution in [3.8, 4) is 0 Å². The fourth-order valence-corrected chi connectivity index (χ4v) is 3.22. The quantitative estimate of drug-likeness (QED) is 0.800. The lowest BCUT2D eigenvalue weighted by Gasteiger charge is -2.43. The largest absolute Gasteiger partial charge is 0.311 e. The molecule has 0 amide bonds. The van der Waals surface area contributed by atoms with Gasteiger partial charge in [-0.2, -0.15) is 0 Å². The fourth-order valence-electron chi connectivity index (χ4n) is 2.69. The van der Waals surface area contributed by atoms with Gasteiger partial charge in [-0.05, 0) is 24.8 Å². The molecule has 0 saturated carbocycles. The summed E-state index contributed by atoms with van der Waals surface area (Å²) in [4.78, 5) is 2.61. The van der Waals surface area contributed by atoms with Crippen LogP contribution in [0.25, 0.3) is 0 Å². The smallest absolute Gasteiger partial charge is 0.0244 e. The maximum atomic E-state index is 11.2. The number of rotatable bonds is 6. The third-order valence-corrected chi connectivity index (χ3v) is 4.80. The fraction of sp³-hybridized carbons (Fsp3) is 1.00. The molecule has 108 valence electrons. The zero-order valence-corrected chi connectivity index (χ0v) is 13.4. The van der Waals surface area contributed by atoms with Crippen molar-refractivity contribution < 1.29 is 4.21 Å². The van der Waals surface area contributed by atoms with Crippen LogP contribution in [0, 0.1) is 11.8 Å². The lowest BCUT2D eigenvalue weighted by molar-refractivity contribution is 0.0856. The molecular weight excluding hydrogens is 244 g/mol. The molecule has 0 aromatic heterocycles. The van der Waals surface area contributed by atoms with E-state index in [0.29, 0.717) is 23.9 Å². The van der Waals surface area contributed by atoms with E-state index in [-0.39, 0.29) is 0 Å². The summed E-state index contributed by atoms with van der Waals surface area (Å²) < 4.78 is 11.2. The van der Waals surface area contributed by atoms with Gasteiger partial charge in [0.05, 0.1) is 0 Å². The van der Waals surface area contributed by atoms with Crippen molar-refractivity contribution in [2.75, 3.05) is 31.6 Å². The predicted molar refractivity (Wildman–Crippen MR) is 80.4 cm³/mol. The molecule has 1 rings (SSSR count). The third kappa shape index (κ3) is 4.98. The summed E-state index contributed by atoms with van der Waals surface area (Å²) in [6.07, 6.45) is 2.85. The zero-order chi connectivity index (χ0) is 13.7. The standard InChI is InChI=1S/C14H30N2OS/c1-11(2)13-10-16(7-6-8-18(5)17)14(9-15-13)12(3)4/h11-15H,6-10H2,1-5H3. The Labute approximate surface area is 115 Å². The third-order valence-electron chi connectivity index (χ3n) is 3.94. The Kier molecular flexibility index (Phi) is 6.82. The average Bonchev–Trinajstić information content (AvgIpc) is 2.27. The highest BCUT2D eigenvalue weighted by Crippen LogP contribution is 2.18. The molecule has 3 unspecified atom stereocenters. The topological polar surface area (TPSA) is 32.3 Å². The van der Waals surface area contributed by atoms with Crippen LogP contribution in [0.2, 0.25) is 0 Å². The Bertz CT molecular complexity index is 269. The highest BCUT2D eigenvalue weighted by Gasteiger charge is 2.30. The van der Waals surface area contributed by atoms with Crippen molar-refractivity contribution in [3.05, 3.63) is 0 Å². The molecule has 0 radical (unpaired) electrons. The molecule has 0 aliphatic carbocycles. The second-order valence-corrected chi connectivity index (χ2v) is 7.75. The summed E-state index contributed by atoms with van der Waals surface area (Å²) in [6.45, 7) is 12.5. The minimum absolute atomic E-state index is 0.604. The second kappa shape index (κ2) is 7.61. The highest BCUT2D eigenvalue weighted by atomic mass is 32.2. The van der Waals surface area contributed by atoms with Crippen LogP contribution in [0.4, 0.5) is 0 Å². The van der Waals surface area contributed by atoms with Crippen molar-refractivity contribution >= 4 is 10.8 Å². The molecule has 1 saturated heterocycles. The molecular formula is C14H30N2OS. The zero-order valence-electron chi connectivity index (χ0n) is 12.6. The van der Waals surface area contributed by atoms with Gasteiger partial charge in [0.25, 0.3) is 0 Å². The van der Waals surface area contributed by atoms with E-state index in [1.54, 1.807) is 6.26 Å². The van der Waals surface area contributed by atoms with Crippen LogP contribution < -0.4 is 5.32 Å². The summed E-state index contributed by atoms with van der Waals surface area (Å²) in [5.74, 6) is 2.19. The van der Waals surface area contributed by atoms with Crippen molar-refractivity contribution in [2.24, 2.45) is 11.8 Å². The van der Waals surface area contributed by atoms with Gasteiger partial charge in [-0.3, -0.25) is 9.11 Å². The monoisotopic (exact) mass is 274 g/mol. The van der Waals surface area contributed by atoms with E-state index in [0.717, 1.165) is 31.8 Å². The summed E-state index contributed by atoms with van der Waals surface area (Å²) in [5.41, 5.74) is 0. The normalized spacial score (nSPS) is 27.9. The van der Waals surface area contributed by atoms with Crippen LogP contribution in [0.15, 0.2) is 0 Å². The summed E-state index contributed by atoms with van der Waals surface area (Å²) in [6, 6.07) is 1.23. The average molecular weight is 274 g/mol. The molecule has 0 bridgehead atoms. The van der Waals surface area contributed by atoms with Crippen molar-refractivity contribution in [2.45, 2.75) is 46.2 Å². The minimum Gasteiger partial charge on any atom is -0.311 e. The van der Waals surface area contributed by atoms with Crippen molar-refractivity contribution in [3.63, 3.8) is 0 Å². The van der Waals surface area contributed by atoms with Gasteiger partial charge in [-0.15, -0.1) is 0 Å². The van der Waals surface area contributed by atoms with Crippen molar-refractivity contribution in [1.29, 1.82) is 0 Å². The van der Waals surface area contributed by atoms with Gasteiger partial charge < -0.3 is 5.32 Å². The molecule has 4 heteroatoms. The molecule has 1 N–H and O–H groups in total. The number of hydrogen-bond donors (Lipinski definition) is 1. The van der Waals surface area contributed by atoms with E-state index in [2.05, 4.69) is 37.9 Å². The van der Waals surface area contributed by atoms with Crippen LogP contribution >= 0.6 is 0 Å². The maximum Gasteiger partial charge on any atom is 0.0244 e. The molecule has 1 heterocycles. The van der Waals surface area contributed by atoms with E-state index in [1.807, 2.05) is 0 Å². The van der Waals surface area contributed by atoms with Crippen LogP contribution in [-0.2, 0) is 10.8 Å². The van der Waals surface area contributed by atoms with E-state index in [4.69, 9.17) is 0 Å². The van der Waals surface area contributed by atoms with Crippen LogP contribution in [0.1, 0.15) is 34.1 Å². The Hall–Kier alpha value is 0.0700. The maximum absolute atomic E-state index is 11.2. The molecule has 0 spiro atoms. The van der Waals surface area contributed by atoms with Gasteiger partial charge in [0.2, 0.25) is 0 Å². The lowest BCUT2D eigenvalue weighted by Crippen LogP contribution is -2.59. The van der Waals surface area contributed by atoms with Gasteiger partial charge in [0.15, 0.2) is 0 Å². The SMILES string of the molecule is CC(C)C1CN(CCCS(C)=O)C(C(C)C)CN1. The first-order valence-corrected chi connectivity index (χ1v) is 8.92. The molecule has 3 nitrogen and oxygen atoms in total. The second-order valence-electron chi connectivity index (χ2n) is 6.20. The Balaban J connectivity index is 2.52. The van der Waals surface area contributed by atoms with Gasteiger partial charge in [-0.25, -0.2) is 0 Å².